The van der Waals surface area contributed by atoms with Crippen LogP contribution in [0.2, 0.25) is 0 Å². The Balaban J connectivity index is 1.70. The van der Waals surface area contributed by atoms with E-state index in [1.165, 1.54) is 0 Å². The number of likely N-dealkylation sites (N-methyl/N-ethyl adjacent to an activating group) is 1. The molecule has 0 aliphatic carbocycles. The normalized spacial score (nSPS) is 14.8. The fraction of sp³-hybridized carbons (Fsp3) is 0.130. The van der Waals surface area contributed by atoms with Crippen LogP contribution < -0.4 is 9.62 Å². The van der Waals surface area contributed by atoms with E-state index in [1.807, 2.05) is 31.2 Å². The van der Waals surface area contributed by atoms with Crippen LogP contribution in [0.3, 0.4) is 0 Å². The average Bonchev–Trinajstić information content (AvgIpc) is 2.94. The van der Waals surface area contributed by atoms with Crippen LogP contribution in [0, 0.1) is 6.92 Å². The lowest BCUT2D eigenvalue weighted by atomic mass is 10.1. The molecule has 0 fully saturated rings. The first-order chi connectivity index (χ1) is 14.3. The fourth-order valence-electron chi connectivity index (χ4n) is 3.40. The maximum atomic E-state index is 12.8. The number of benzene rings is 3. The SMILES string of the molecule is Cc1ccc2c(c1)C(=Nc1ccccc1NS(=O)(=O)Cc1ccccc1)C(=O)N2C. The van der Waals surface area contributed by atoms with Crippen LogP contribution in [-0.2, 0) is 20.6 Å². The molecule has 0 atom stereocenters. The number of aryl methyl sites for hydroxylation is 1. The zero-order valence-corrected chi connectivity index (χ0v) is 17.5. The van der Waals surface area contributed by atoms with E-state index < -0.39 is 10.0 Å². The van der Waals surface area contributed by atoms with Crippen molar-refractivity contribution < 1.29 is 13.2 Å². The predicted molar refractivity (Wildman–Crippen MR) is 120 cm³/mol. The van der Waals surface area contributed by atoms with Crippen LogP contribution in [0.15, 0.2) is 77.8 Å². The highest BCUT2D eigenvalue weighted by molar-refractivity contribution is 7.91. The second-order valence-electron chi connectivity index (χ2n) is 7.21. The molecule has 1 amide bonds. The van der Waals surface area contributed by atoms with Crippen LogP contribution >= 0.6 is 0 Å². The van der Waals surface area contributed by atoms with Crippen molar-refractivity contribution in [3.8, 4) is 0 Å². The van der Waals surface area contributed by atoms with Gasteiger partial charge in [0.2, 0.25) is 10.0 Å². The minimum Gasteiger partial charge on any atom is -0.309 e. The zero-order chi connectivity index (χ0) is 21.3. The van der Waals surface area contributed by atoms with E-state index in [1.54, 1.807) is 60.5 Å². The van der Waals surface area contributed by atoms with Crippen molar-refractivity contribution in [3.63, 3.8) is 0 Å². The van der Waals surface area contributed by atoms with Crippen molar-refractivity contribution in [1.29, 1.82) is 0 Å². The van der Waals surface area contributed by atoms with E-state index in [9.17, 15) is 13.2 Å². The number of nitrogens with one attached hydrogen (secondary N) is 1. The number of aliphatic imine (C=N–C) groups is 1. The summed E-state index contributed by atoms with van der Waals surface area (Å²) in [7, 11) is -1.95. The number of nitrogens with zero attached hydrogens (tertiary/aromatic N) is 2. The van der Waals surface area contributed by atoms with Crippen molar-refractivity contribution in [2.75, 3.05) is 16.7 Å². The van der Waals surface area contributed by atoms with Gasteiger partial charge in [-0.25, -0.2) is 13.4 Å². The number of amides is 1. The van der Waals surface area contributed by atoms with Gasteiger partial charge in [-0.05, 0) is 36.8 Å². The molecule has 0 saturated heterocycles. The summed E-state index contributed by atoms with van der Waals surface area (Å²) in [5.74, 6) is -0.375. The zero-order valence-electron chi connectivity index (χ0n) is 16.7. The van der Waals surface area contributed by atoms with E-state index >= 15 is 0 Å². The summed E-state index contributed by atoms with van der Waals surface area (Å²) in [5, 5.41) is 0. The second kappa shape index (κ2) is 7.76. The summed E-state index contributed by atoms with van der Waals surface area (Å²) in [6, 6.07) is 21.5. The van der Waals surface area contributed by atoms with E-state index in [2.05, 4.69) is 9.71 Å². The Morgan fingerprint density at radius 3 is 2.43 bits per heavy atom. The lowest BCUT2D eigenvalue weighted by Crippen LogP contribution is -2.25. The lowest BCUT2D eigenvalue weighted by Gasteiger charge is -2.11. The minimum atomic E-state index is -3.65. The van der Waals surface area contributed by atoms with Crippen molar-refractivity contribution in [1.82, 2.24) is 0 Å². The summed E-state index contributed by atoms with van der Waals surface area (Å²) in [6.07, 6.45) is 0. The molecule has 0 radical (unpaired) electrons. The topological polar surface area (TPSA) is 78.8 Å². The number of rotatable bonds is 5. The Morgan fingerprint density at radius 1 is 0.967 bits per heavy atom. The maximum absolute atomic E-state index is 12.8. The molecule has 0 bridgehead atoms. The van der Waals surface area contributed by atoms with Crippen molar-refractivity contribution in [2.45, 2.75) is 12.7 Å². The number of carbonyl (C=O) groups excluding carboxylic acids is 1. The molecular weight excluding hydrogens is 398 g/mol. The van der Waals surface area contributed by atoms with E-state index in [-0.39, 0.29) is 11.7 Å². The Morgan fingerprint density at radius 2 is 1.67 bits per heavy atom. The summed E-state index contributed by atoms with van der Waals surface area (Å²) < 4.78 is 28.0. The molecular formula is C23H21N3O3S. The standard InChI is InChI=1S/C23H21N3O3S/c1-16-12-13-21-18(14-16)22(23(27)26(21)2)24-19-10-6-7-11-20(19)25-30(28,29)15-17-8-4-3-5-9-17/h3-14,25H,15H2,1-2H3. The number of hydrogen-bond acceptors (Lipinski definition) is 4. The van der Waals surface area contributed by atoms with Gasteiger partial charge >= 0.3 is 0 Å². The Labute approximate surface area is 175 Å². The van der Waals surface area contributed by atoms with E-state index in [0.29, 0.717) is 22.6 Å². The first-order valence-corrected chi connectivity index (χ1v) is 11.1. The van der Waals surface area contributed by atoms with Gasteiger partial charge in [-0.3, -0.25) is 9.52 Å². The molecule has 1 N–H and O–H groups in total. The third-order valence-electron chi connectivity index (χ3n) is 4.88. The van der Waals surface area contributed by atoms with Crippen LogP contribution in [0.4, 0.5) is 17.1 Å². The van der Waals surface area contributed by atoms with Crippen molar-refractivity contribution in [2.24, 2.45) is 4.99 Å². The quantitative estimate of drug-likeness (QED) is 0.678. The molecule has 7 heteroatoms. The molecule has 1 aliphatic rings. The van der Waals surface area contributed by atoms with Crippen molar-refractivity contribution >= 4 is 38.7 Å². The number of sulfonamides is 1. The predicted octanol–water partition coefficient (Wildman–Crippen LogP) is 4.03. The van der Waals surface area contributed by atoms with Crippen LogP contribution in [0.25, 0.3) is 0 Å². The van der Waals surface area contributed by atoms with Crippen LogP contribution in [0.1, 0.15) is 16.7 Å². The van der Waals surface area contributed by atoms with E-state index in [4.69, 9.17) is 0 Å². The third kappa shape index (κ3) is 3.97. The highest BCUT2D eigenvalue weighted by atomic mass is 32.2. The Kier molecular flexibility index (Phi) is 5.13. The average molecular weight is 420 g/mol. The summed E-state index contributed by atoms with van der Waals surface area (Å²) in [6.45, 7) is 1.95. The monoisotopic (exact) mass is 419 g/mol. The molecule has 0 unspecified atom stereocenters. The van der Waals surface area contributed by atoms with Gasteiger partial charge in [0.1, 0.15) is 5.71 Å². The maximum Gasteiger partial charge on any atom is 0.277 e. The summed E-state index contributed by atoms with van der Waals surface area (Å²) in [5.41, 5.74) is 4.24. The first-order valence-electron chi connectivity index (χ1n) is 9.45. The van der Waals surface area contributed by atoms with Crippen LogP contribution in [-0.4, -0.2) is 27.1 Å². The number of carbonyl (C=O) groups is 1. The van der Waals surface area contributed by atoms with Gasteiger partial charge in [0.05, 0.1) is 22.8 Å². The molecule has 1 aliphatic heterocycles. The molecule has 30 heavy (non-hydrogen) atoms. The molecule has 152 valence electrons. The number of fused-ring (bicyclic) bond motifs is 1. The van der Waals surface area contributed by atoms with Crippen LogP contribution in [0.5, 0.6) is 0 Å². The summed E-state index contributed by atoms with van der Waals surface area (Å²) >= 11 is 0. The molecule has 0 aromatic heterocycles. The van der Waals surface area contributed by atoms with Gasteiger partial charge in [-0.2, -0.15) is 0 Å². The van der Waals surface area contributed by atoms with Gasteiger partial charge in [0.25, 0.3) is 5.91 Å². The largest absolute Gasteiger partial charge is 0.309 e. The molecule has 0 spiro atoms. The van der Waals surface area contributed by atoms with Gasteiger partial charge < -0.3 is 4.90 Å². The Bertz CT molecular complexity index is 1250. The minimum absolute atomic E-state index is 0.150. The molecule has 4 rings (SSSR count). The van der Waals surface area contributed by atoms with Gasteiger partial charge in [0.15, 0.2) is 0 Å². The third-order valence-corrected chi connectivity index (χ3v) is 6.12. The number of hydrogen-bond donors (Lipinski definition) is 1. The second-order valence-corrected chi connectivity index (χ2v) is 8.93. The molecule has 3 aromatic carbocycles. The first kappa shape index (κ1) is 19.8. The Hall–Kier alpha value is -3.45. The van der Waals surface area contributed by atoms with Gasteiger partial charge in [-0.15, -0.1) is 0 Å². The molecule has 6 nitrogen and oxygen atoms in total. The van der Waals surface area contributed by atoms with E-state index in [0.717, 1.165) is 16.8 Å². The number of para-hydroxylation sites is 2. The fourth-order valence-corrected chi connectivity index (χ4v) is 4.61. The highest BCUT2D eigenvalue weighted by Crippen LogP contribution is 2.33. The summed E-state index contributed by atoms with van der Waals surface area (Å²) in [4.78, 5) is 18.9. The van der Waals surface area contributed by atoms with Gasteiger partial charge in [-0.1, -0.05) is 54.1 Å². The van der Waals surface area contributed by atoms with Gasteiger partial charge in [0, 0.05) is 12.6 Å². The molecule has 3 aromatic rings. The molecule has 1 heterocycles. The number of anilines is 2. The molecule has 0 saturated carbocycles. The lowest BCUT2D eigenvalue weighted by molar-refractivity contribution is -0.111. The smallest absolute Gasteiger partial charge is 0.277 e. The highest BCUT2D eigenvalue weighted by Gasteiger charge is 2.31. The van der Waals surface area contributed by atoms with Crippen molar-refractivity contribution in [3.05, 3.63) is 89.5 Å².